The van der Waals surface area contributed by atoms with Gasteiger partial charge in [0.05, 0.1) is 35.4 Å². The molecule has 1 N–H and O–H groups in total. The molecule has 1 amide bonds. The summed E-state index contributed by atoms with van der Waals surface area (Å²) in [6.45, 7) is 7.87. The summed E-state index contributed by atoms with van der Waals surface area (Å²) >= 11 is 13.6. The van der Waals surface area contributed by atoms with E-state index < -0.39 is 17.8 Å². The van der Waals surface area contributed by atoms with E-state index in [1.54, 1.807) is 20.8 Å². The lowest BCUT2D eigenvalue weighted by atomic mass is 10.1. The molecule has 2 rings (SSSR count). The van der Waals surface area contributed by atoms with E-state index in [2.05, 4.69) is 12.2 Å². The van der Waals surface area contributed by atoms with E-state index in [0.717, 1.165) is 37.0 Å². The summed E-state index contributed by atoms with van der Waals surface area (Å²) < 4.78 is 15.9. The molecular weight excluding hydrogens is 501 g/mol. The van der Waals surface area contributed by atoms with Gasteiger partial charge in [0.1, 0.15) is 9.88 Å². The standard InChI is InChI=1S/C24H29Cl2NO6S/c1-5-8-9-10-11-33-19-16(25)12-15(13-17(19)26)21(28)27-22-18(23(29)31-6-2)14(4)20(34-22)24(30)32-7-3/h12-13H,5-11H2,1-4H3,(H,27,28). The van der Waals surface area contributed by atoms with E-state index in [-0.39, 0.29) is 44.3 Å². The quantitative estimate of drug-likeness (QED) is 0.236. The van der Waals surface area contributed by atoms with Crippen molar-refractivity contribution in [1.29, 1.82) is 0 Å². The summed E-state index contributed by atoms with van der Waals surface area (Å²) in [7, 11) is 0. The van der Waals surface area contributed by atoms with Crippen LogP contribution in [0.25, 0.3) is 0 Å². The molecule has 10 heteroatoms. The Kier molecular flexibility index (Phi) is 11.1. The molecule has 1 aromatic heterocycles. The largest absolute Gasteiger partial charge is 0.490 e. The van der Waals surface area contributed by atoms with Gasteiger partial charge in [0.2, 0.25) is 0 Å². The molecule has 0 unspecified atom stereocenters. The van der Waals surface area contributed by atoms with Crippen LogP contribution >= 0.6 is 34.5 Å². The zero-order valence-electron chi connectivity index (χ0n) is 19.7. The van der Waals surface area contributed by atoms with Gasteiger partial charge in [-0.2, -0.15) is 0 Å². The van der Waals surface area contributed by atoms with E-state index in [0.29, 0.717) is 17.9 Å². The van der Waals surface area contributed by atoms with Crippen molar-refractivity contribution in [2.24, 2.45) is 0 Å². The normalized spacial score (nSPS) is 10.6. The lowest BCUT2D eigenvalue weighted by Crippen LogP contribution is -2.15. The Morgan fingerprint density at radius 2 is 1.56 bits per heavy atom. The first kappa shape index (κ1) is 28.0. The summed E-state index contributed by atoms with van der Waals surface area (Å²) in [5.41, 5.74) is 0.652. The molecule has 34 heavy (non-hydrogen) atoms. The molecule has 0 spiro atoms. The minimum absolute atomic E-state index is 0.104. The van der Waals surface area contributed by atoms with Gasteiger partial charge in [-0.15, -0.1) is 11.3 Å². The third-order valence-electron chi connectivity index (χ3n) is 4.82. The predicted molar refractivity (Wildman–Crippen MR) is 135 cm³/mol. The smallest absolute Gasteiger partial charge is 0.348 e. The maximum absolute atomic E-state index is 13.0. The van der Waals surface area contributed by atoms with Crippen LogP contribution in [0.15, 0.2) is 12.1 Å². The number of anilines is 1. The lowest BCUT2D eigenvalue weighted by Gasteiger charge is -2.12. The number of carbonyl (C=O) groups is 3. The number of unbranched alkanes of at least 4 members (excludes halogenated alkanes) is 3. The van der Waals surface area contributed by atoms with Crippen LogP contribution in [0, 0.1) is 6.92 Å². The Morgan fingerprint density at radius 1 is 0.941 bits per heavy atom. The maximum Gasteiger partial charge on any atom is 0.348 e. The van der Waals surface area contributed by atoms with E-state index >= 15 is 0 Å². The van der Waals surface area contributed by atoms with Gasteiger partial charge in [-0.1, -0.05) is 49.4 Å². The van der Waals surface area contributed by atoms with Crippen molar-refractivity contribution in [2.45, 2.75) is 53.4 Å². The van der Waals surface area contributed by atoms with Crippen LogP contribution < -0.4 is 10.1 Å². The van der Waals surface area contributed by atoms with Crippen molar-refractivity contribution >= 4 is 57.4 Å². The zero-order valence-corrected chi connectivity index (χ0v) is 22.0. The van der Waals surface area contributed by atoms with Crippen LogP contribution in [0.5, 0.6) is 5.75 Å². The molecule has 0 saturated carbocycles. The molecule has 7 nitrogen and oxygen atoms in total. The third kappa shape index (κ3) is 7.10. The van der Waals surface area contributed by atoms with Crippen LogP contribution in [0.1, 0.15) is 82.4 Å². The molecular formula is C24H29Cl2NO6S. The van der Waals surface area contributed by atoms with E-state index in [4.69, 9.17) is 37.4 Å². The minimum atomic E-state index is -0.648. The summed E-state index contributed by atoms with van der Waals surface area (Å²) in [6.07, 6.45) is 4.16. The monoisotopic (exact) mass is 529 g/mol. The highest BCUT2D eigenvalue weighted by molar-refractivity contribution is 7.18. The molecule has 0 atom stereocenters. The number of amides is 1. The number of hydrogen-bond donors (Lipinski definition) is 1. The van der Waals surface area contributed by atoms with Gasteiger partial charge in [0.15, 0.2) is 5.75 Å². The Labute approximate surface area is 213 Å². The first-order valence-electron chi connectivity index (χ1n) is 11.2. The number of benzene rings is 1. The number of esters is 2. The fourth-order valence-electron chi connectivity index (χ4n) is 3.15. The number of halogens is 2. The molecule has 0 aliphatic heterocycles. The fourth-order valence-corrected chi connectivity index (χ4v) is 4.83. The summed E-state index contributed by atoms with van der Waals surface area (Å²) in [5, 5.41) is 3.26. The molecule has 0 saturated heterocycles. The van der Waals surface area contributed by atoms with Crippen molar-refractivity contribution in [1.82, 2.24) is 0 Å². The maximum atomic E-state index is 13.0. The predicted octanol–water partition coefficient (Wildman–Crippen LogP) is 6.93. The first-order chi connectivity index (χ1) is 16.2. The van der Waals surface area contributed by atoms with Gasteiger partial charge in [-0.05, 0) is 44.9 Å². The topological polar surface area (TPSA) is 90.9 Å². The van der Waals surface area contributed by atoms with Crippen LogP contribution in [-0.4, -0.2) is 37.7 Å². The zero-order chi connectivity index (χ0) is 25.3. The highest BCUT2D eigenvalue weighted by Crippen LogP contribution is 2.37. The van der Waals surface area contributed by atoms with Crippen LogP contribution in [0.2, 0.25) is 10.0 Å². The highest BCUT2D eigenvalue weighted by atomic mass is 35.5. The summed E-state index contributed by atoms with van der Waals surface area (Å²) in [4.78, 5) is 38.0. The number of hydrogen-bond acceptors (Lipinski definition) is 7. The number of rotatable bonds is 12. The number of carbonyl (C=O) groups excluding carboxylic acids is 3. The number of nitrogens with one attached hydrogen (secondary N) is 1. The lowest BCUT2D eigenvalue weighted by molar-refractivity contribution is 0.0527. The molecule has 186 valence electrons. The Balaban J connectivity index is 2.28. The second-order valence-electron chi connectivity index (χ2n) is 7.33. The van der Waals surface area contributed by atoms with Gasteiger partial charge < -0.3 is 19.5 Å². The van der Waals surface area contributed by atoms with Crippen molar-refractivity contribution in [2.75, 3.05) is 25.1 Å². The molecule has 0 aliphatic rings. The van der Waals surface area contributed by atoms with Crippen molar-refractivity contribution in [3.8, 4) is 5.75 Å². The van der Waals surface area contributed by atoms with Gasteiger partial charge >= 0.3 is 11.9 Å². The molecule has 1 aromatic carbocycles. The average Bonchev–Trinajstić information content (AvgIpc) is 3.11. The fraction of sp³-hybridized carbons (Fsp3) is 0.458. The minimum Gasteiger partial charge on any atom is -0.490 e. The Morgan fingerprint density at radius 3 is 2.15 bits per heavy atom. The Bertz CT molecular complexity index is 1010. The van der Waals surface area contributed by atoms with Gasteiger partial charge in [-0.25, -0.2) is 9.59 Å². The summed E-state index contributed by atoms with van der Waals surface area (Å²) in [5.74, 6) is -1.46. The van der Waals surface area contributed by atoms with E-state index in [9.17, 15) is 14.4 Å². The number of ether oxygens (including phenoxy) is 3. The highest BCUT2D eigenvalue weighted by Gasteiger charge is 2.28. The van der Waals surface area contributed by atoms with Gasteiger partial charge in [0.25, 0.3) is 5.91 Å². The van der Waals surface area contributed by atoms with Crippen LogP contribution in [0.3, 0.4) is 0 Å². The molecule has 1 heterocycles. The van der Waals surface area contributed by atoms with Crippen LogP contribution in [-0.2, 0) is 9.47 Å². The molecule has 0 fully saturated rings. The summed E-state index contributed by atoms with van der Waals surface area (Å²) in [6, 6.07) is 2.89. The second kappa shape index (κ2) is 13.6. The molecule has 2 aromatic rings. The van der Waals surface area contributed by atoms with Gasteiger partial charge in [0, 0.05) is 5.56 Å². The first-order valence-corrected chi connectivity index (χ1v) is 12.7. The second-order valence-corrected chi connectivity index (χ2v) is 9.17. The van der Waals surface area contributed by atoms with Gasteiger partial charge in [-0.3, -0.25) is 4.79 Å². The van der Waals surface area contributed by atoms with Crippen molar-refractivity contribution in [3.05, 3.63) is 43.7 Å². The SMILES string of the molecule is CCCCCCOc1c(Cl)cc(C(=O)Nc2sc(C(=O)OCC)c(C)c2C(=O)OCC)cc1Cl. The van der Waals surface area contributed by atoms with Crippen molar-refractivity contribution < 1.29 is 28.6 Å². The Hall–Kier alpha value is -2.29. The third-order valence-corrected chi connectivity index (χ3v) is 6.57. The van der Waals surface area contributed by atoms with E-state index in [1.807, 2.05) is 0 Å². The van der Waals surface area contributed by atoms with Crippen molar-refractivity contribution in [3.63, 3.8) is 0 Å². The number of thiophene rings is 1. The molecule has 0 aliphatic carbocycles. The van der Waals surface area contributed by atoms with Crippen LogP contribution in [0.4, 0.5) is 5.00 Å². The van der Waals surface area contributed by atoms with E-state index in [1.165, 1.54) is 12.1 Å². The average molecular weight is 530 g/mol. The molecule has 0 bridgehead atoms. The molecule has 0 radical (unpaired) electrons.